The number of phosphoric acid groups is 1. The molecule has 0 bridgehead atoms. The molecule has 0 aromatic rings. The Morgan fingerprint density at radius 1 is 0.643 bits per heavy atom. The molecule has 3 atom stereocenters. The van der Waals surface area contributed by atoms with E-state index in [0.29, 0.717) is 17.4 Å². The first-order valence-corrected chi connectivity index (χ1v) is 23.8. The molecule has 3 unspecified atom stereocenters. The normalized spacial score (nSPS) is 15.1. The number of rotatable bonds is 39. The summed E-state index contributed by atoms with van der Waals surface area (Å²) in [5, 5.41) is 13.6. The van der Waals surface area contributed by atoms with Crippen molar-refractivity contribution in [2.45, 2.75) is 180 Å². The molecule has 0 fully saturated rings. The Morgan fingerprint density at radius 3 is 1.59 bits per heavy atom. The molecule has 0 aromatic heterocycles. The van der Waals surface area contributed by atoms with Crippen LogP contribution in [0.4, 0.5) is 0 Å². The maximum atomic E-state index is 12.8. The van der Waals surface area contributed by atoms with Crippen LogP contribution in [0.1, 0.15) is 168 Å². The lowest BCUT2D eigenvalue weighted by Crippen LogP contribution is -2.45. The van der Waals surface area contributed by atoms with Crippen molar-refractivity contribution in [1.82, 2.24) is 5.32 Å². The number of quaternary nitrogens is 1. The second-order valence-corrected chi connectivity index (χ2v) is 17.4. The second-order valence-electron chi connectivity index (χ2n) is 16.0. The lowest BCUT2D eigenvalue weighted by atomic mass is 10.0. The van der Waals surface area contributed by atoms with Crippen LogP contribution in [0.2, 0.25) is 0 Å². The van der Waals surface area contributed by atoms with Crippen molar-refractivity contribution in [2.24, 2.45) is 0 Å². The van der Waals surface area contributed by atoms with E-state index in [-0.39, 0.29) is 19.1 Å². The van der Waals surface area contributed by atoms with Gasteiger partial charge in [0.25, 0.3) is 7.82 Å². The Bertz CT molecular complexity index is 1140. The highest BCUT2D eigenvalue weighted by Gasteiger charge is 2.23. The monoisotopic (exact) mass is 805 g/mol. The van der Waals surface area contributed by atoms with Gasteiger partial charge in [0.1, 0.15) is 13.2 Å². The quantitative estimate of drug-likeness (QED) is 0.0277. The van der Waals surface area contributed by atoms with Gasteiger partial charge in [-0.3, -0.25) is 9.36 Å². The van der Waals surface area contributed by atoms with Gasteiger partial charge in [0, 0.05) is 6.42 Å². The van der Waals surface area contributed by atoms with Gasteiger partial charge < -0.3 is 28.8 Å². The third-order valence-electron chi connectivity index (χ3n) is 9.42. The fourth-order valence-corrected chi connectivity index (χ4v) is 6.61. The van der Waals surface area contributed by atoms with E-state index in [9.17, 15) is 19.4 Å². The van der Waals surface area contributed by atoms with Gasteiger partial charge >= 0.3 is 0 Å². The van der Waals surface area contributed by atoms with Gasteiger partial charge in [0.2, 0.25) is 5.91 Å². The summed E-state index contributed by atoms with van der Waals surface area (Å²) in [6.07, 6.45) is 51.2. The van der Waals surface area contributed by atoms with Gasteiger partial charge in [-0.2, -0.15) is 0 Å². The first-order valence-electron chi connectivity index (χ1n) is 22.3. The highest BCUT2D eigenvalue weighted by molar-refractivity contribution is 7.45. The standard InChI is InChI=1S/C47H85N2O6P/c1-6-8-10-12-14-15-16-17-18-19-20-21-22-23-24-25-26-27-28-29-30-31-32-33-35-37-39-41-47(51)48-45(46(50)40-38-36-34-13-11-9-7-2)44-55-56(52,53)54-43-42-49(3,4)5/h8,10,14-15,17-18,20-21,23-24,38,40,45-46,50H,6-7,9,11-13,16,19,22,25-37,39,41-44H2,1-5H3,(H-,48,51,52,53)/b10-8-,15-14-,18-17-,21-20-,24-23-,40-38+. The average Bonchev–Trinajstić information content (AvgIpc) is 3.15. The van der Waals surface area contributed by atoms with Crippen LogP contribution in [0, 0.1) is 0 Å². The van der Waals surface area contributed by atoms with Crippen LogP contribution in [0.15, 0.2) is 72.9 Å². The number of carbonyl (C=O) groups excluding carboxylic acids is 1. The molecule has 0 aromatic carbocycles. The molecule has 0 saturated heterocycles. The molecule has 0 radical (unpaired) electrons. The number of unbranched alkanes of at least 4 members (excludes halogenated alkanes) is 16. The largest absolute Gasteiger partial charge is 0.756 e. The van der Waals surface area contributed by atoms with Crippen molar-refractivity contribution in [3.63, 3.8) is 0 Å². The van der Waals surface area contributed by atoms with E-state index in [0.717, 1.165) is 70.6 Å². The maximum Gasteiger partial charge on any atom is 0.268 e. The number of hydrogen-bond donors (Lipinski definition) is 2. The first-order chi connectivity index (χ1) is 27.0. The number of carbonyl (C=O) groups is 1. The van der Waals surface area contributed by atoms with E-state index in [1.165, 1.54) is 77.0 Å². The predicted molar refractivity (Wildman–Crippen MR) is 237 cm³/mol. The summed E-state index contributed by atoms with van der Waals surface area (Å²) in [5.41, 5.74) is 0. The van der Waals surface area contributed by atoms with E-state index in [1.54, 1.807) is 6.08 Å². The van der Waals surface area contributed by atoms with Gasteiger partial charge in [0.15, 0.2) is 0 Å². The fraction of sp³-hybridized carbons (Fsp3) is 0.723. The zero-order valence-corrected chi connectivity index (χ0v) is 37.5. The summed E-state index contributed by atoms with van der Waals surface area (Å²) >= 11 is 0. The van der Waals surface area contributed by atoms with E-state index < -0.39 is 20.0 Å². The lowest BCUT2D eigenvalue weighted by Gasteiger charge is -2.29. The Morgan fingerprint density at radius 2 is 1.09 bits per heavy atom. The molecule has 56 heavy (non-hydrogen) atoms. The Balaban J connectivity index is 4.12. The van der Waals surface area contributed by atoms with Crippen molar-refractivity contribution in [3.8, 4) is 0 Å². The first kappa shape index (κ1) is 53.9. The van der Waals surface area contributed by atoms with E-state index >= 15 is 0 Å². The Kier molecular flexibility index (Phi) is 37.0. The summed E-state index contributed by atoms with van der Waals surface area (Å²) in [4.78, 5) is 25.2. The number of nitrogens with zero attached hydrogens (tertiary/aromatic N) is 1. The Labute approximate surface area is 344 Å². The van der Waals surface area contributed by atoms with E-state index in [2.05, 4.69) is 79.9 Å². The van der Waals surface area contributed by atoms with Crippen molar-refractivity contribution in [2.75, 3.05) is 40.9 Å². The topological polar surface area (TPSA) is 108 Å². The highest BCUT2D eigenvalue weighted by atomic mass is 31.2. The molecule has 0 heterocycles. The van der Waals surface area contributed by atoms with Crippen LogP contribution >= 0.6 is 7.82 Å². The molecule has 2 N–H and O–H groups in total. The minimum Gasteiger partial charge on any atom is -0.756 e. The molecule has 1 amide bonds. The molecule has 0 rings (SSSR count). The minimum absolute atomic E-state index is 0.00519. The van der Waals surface area contributed by atoms with Crippen molar-refractivity contribution in [3.05, 3.63) is 72.9 Å². The number of likely N-dealkylation sites (N-methyl/N-ethyl adjacent to an activating group) is 1. The third-order valence-corrected chi connectivity index (χ3v) is 10.4. The van der Waals surface area contributed by atoms with Gasteiger partial charge in [-0.1, -0.05) is 170 Å². The van der Waals surface area contributed by atoms with Gasteiger partial charge in [-0.05, 0) is 64.2 Å². The number of amides is 1. The number of phosphoric ester groups is 1. The number of aliphatic hydroxyl groups is 1. The van der Waals surface area contributed by atoms with Crippen LogP contribution in [0.3, 0.4) is 0 Å². The molecule has 324 valence electrons. The predicted octanol–water partition coefficient (Wildman–Crippen LogP) is 11.8. The summed E-state index contributed by atoms with van der Waals surface area (Å²) in [6.45, 7) is 4.44. The van der Waals surface area contributed by atoms with Gasteiger partial charge in [-0.25, -0.2) is 0 Å². The van der Waals surface area contributed by atoms with Crippen LogP contribution in [-0.4, -0.2) is 68.5 Å². The van der Waals surface area contributed by atoms with Crippen LogP contribution in [0.5, 0.6) is 0 Å². The highest BCUT2D eigenvalue weighted by Crippen LogP contribution is 2.38. The van der Waals surface area contributed by atoms with Crippen molar-refractivity contribution < 1.29 is 32.9 Å². The molecule has 0 saturated carbocycles. The average molecular weight is 805 g/mol. The summed E-state index contributed by atoms with van der Waals surface area (Å²) in [7, 11) is 1.24. The number of hydrogen-bond acceptors (Lipinski definition) is 6. The summed E-state index contributed by atoms with van der Waals surface area (Å²) in [5.74, 6) is -0.210. The van der Waals surface area contributed by atoms with Gasteiger partial charge in [-0.15, -0.1) is 0 Å². The fourth-order valence-electron chi connectivity index (χ4n) is 5.88. The molecule has 8 nitrogen and oxygen atoms in total. The zero-order chi connectivity index (χ0) is 41.4. The molecule has 0 aliphatic carbocycles. The summed E-state index contributed by atoms with van der Waals surface area (Å²) < 4.78 is 23.1. The second kappa shape index (κ2) is 38.5. The molecule has 0 spiro atoms. The zero-order valence-electron chi connectivity index (χ0n) is 36.6. The SMILES string of the molecule is CC/C=C\C/C=C\C/C=C\C/C=C\C/C=C\CCCCCCCCCCCCCC(=O)NC(COP(=O)([O-])OCC[N+](C)(C)C)C(O)/C=C/CCCCCCC. The minimum atomic E-state index is -4.58. The van der Waals surface area contributed by atoms with E-state index in [4.69, 9.17) is 9.05 Å². The molecule has 9 heteroatoms. The molecule has 0 aliphatic heterocycles. The molecular formula is C47H85N2O6P. The molecule has 0 aliphatic rings. The van der Waals surface area contributed by atoms with Crippen molar-refractivity contribution >= 4 is 13.7 Å². The lowest BCUT2D eigenvalue weighted by molar-refractivity contribution is -0.870. The van der Waals surface area contributed by atoms with E-state index in [1.807, 2.05) is 27.2 Å². The molecular weight excluding hydrogens is 719 g/mol. The van der Waals surface area contributed by atoms with Gasteiger partial charge in [0.05, 0.1) is 39.9 Å². The van der Waals surface area contributed by atoms with Crippen molar-refractivity contribution in [1.29, 1.82) is 0 Å². The Hall–Kier alpha value is -2.06. The van der Waals surface area contributed by atoms with Crippen LogP contribution in [-0.2, 0) is 18.4 Å². The number of aliphatic hydroxyl groups excluding tert-OH is 1. The smallest absolute Gasteiger partial charge is 0.268 e. The number of allylic oxidation sites excluding steroid dienone is 11. The number of nitrogens with one attached hydrogen (secondary N) is 1. The maximum absolute atomic E-state index is 12.8. The summed E-state index contributed by atoms with van der Waals surface area (Å²) in [6, 6.07) is -0.888. The third kappa shape index (κ3) is 40.1. The van der Waals surface area contributed by atoms with Crippen LogP contribution < -0.4 is 10.2 Å². The van der Waals surface area contributed by atoms with Crippen LogP contribution in [0.25, 0.3) is 0 Å².